The minimum absolute atomic E-state index is 0.0102. The monoisotopic (exact) mass is 212 g/mol. The van der Waals surface area contributed by atoms with Crippen molar-refractivity contribution in [2.75, 3.05) is 33.2 Å². The second-order valence-electron chi connectivity index (χ2n) is 4.56. The zero-order valence-electron chi connectivity index (χ0n) is 9.25. The van der Waals surface area contributed by atoms with Crippen LogP contribution in [0.1, 0.15) is 12.8 Å². The van der Waals surface area contributed by atoms with Crippen LogP contribution in [-0.2, 0) is 0 Å². The number of nitrogens with zero attached hydrogens (tertiary/aromatic N) is 1. The van der Waals surface area contributed by atoms with Crippen LogP contribution >= 0.6 is 0 Å². The lowest BCUT2D eigenvalue weighted by atomic mass is 10.2. The van der Waals surface area contributed by atoms with Crippen LogP contribution in [0, 0.1) is 0 Å². The van der Waals surface area contributed by atoms with E-state index in [-0.39, 0.29) is 6.03 Å². The summed E-state index contributed by atoms with van der Waals surface area (Å²) in [5.74, 6) is 0. The van der Waals surface area contributed by atoms with E-state index in [2.05, 4.69) is 27.9 Å². The number of nitrogens with one attached hydrogen (secondary N) is 3. The van der Waals surface area contributed by atoms with E-state index in [4.69, 9.17) is 0 Å². The smallest absolute Gasteiger partial charge is 0.315 e. The lowest BCUT2D eigenvalue weighted by Crippen LogP contribution is -2.47. The highest BCUT2D eigenvalue weighted by atomic mass is 16.2. The SMILES string of the molecule is CN1CC[C@@H](NC(=O)N[C@@H]2CCNC2)C1. The second kappa shape index (κ2) is 4.81. The zero-order chi connectivity index (χ0) is 10.7. The topological polar surface area (TPSA) is 56.4 Å². The highest BCUT2D eigenvalue weighted by molar-refractivity contribution is 5.74. The minimum atomic E-state index is -0.0102. The Kier molecular flexibility index (Phi) is 3.43. The van der Waals surface area contributed by atoms with E-state index in [9.17, 15) is 4.79 Å². The average Bonchev–Trinajstić information content (AvgIpc) is 2.77. The quantitative estimate of drug-likeness (QED) is 0.570. The van der Waals surface area contributed by atoms with Gasteiger partial charge in [0.1, 0.15) is 0 Å². The van der Waals surface area contributed by atoms with Crippen LogP contribution in [-0.4, -0.2) is 56.2 Å². The molecule has 2 aliphatic rings. The fourth-order valence-corrected chi connectivity index (χ4v) is 2.24. The van der Waals surface area contributed by atoms with E-state index < -0.39 is 0 Å². The number of hydrogen-bond donors (Lipinski definition) is 3. The van der Waals surface area contributed by atoms with E-state index in [0.717, 1.165) is 39.0 Å². The van der Waals surface area contributed by atoms with Crippen molar-refractivity contribution >= 4 is 6.03 Å². The van der Waals surface area contributed by atoms with E-state index in [1.165, 1.54) is 0 Å². The van der Waals surface area contributed by atoms with Gasteiger partial charge in [-0.05, 0) is 33.0 Å². The van der Waals surface area contributed by atoms with Gasteiger partial charge < -0.3 is 20.9 Å². The molecule has 0 bridgehead atoms. The summed E-state index contributed by atoms with van der Waals surface area (Å²) in [5.41, 5.74) is 0. The third-order valence-electron chi connectivity index (χ3n) is 3.12. The molecule has 86 valence electrons. The van der Waals surface area contributed by atoms with Crippen molar-refractivity contribution in [2.24, 2.45) is 0 Å². The first kappa shape index (κ1) is 10.7. The number of rotatable bonds is 2. The number of hydrogen-bond acceptors (Lipinski definition) is 3. The van der Waals surface area contributed by atoms with Gasteiger partial charge in [0.15, 0.2) is 0 Å². The molecule has 0 aromatic carbocycles. The first-order valence-corrected chi connectivity index (χ1v) is 5.70. The van der Waals surface area contributed by atoms with Crippen LogP contribution in [0.25, 0.3) is 0 Å². The Morgan fingerprint density at radius 3 is 2.73 bits per heavy atom. The third-order valence-corrected chi connectivity index (χ3v) is 3.12. The molecule has 2 aliphatic heterocycles. The van der Waals surface area contributed by atoms with Crippen molar-refractivity contribution in [1.29, 1.82) is 0 Å². The fourth-order valence-electron chi connectivity index (χ4n) is 2.24. The highest BCUT2D eigenvalue weighted by Gasteiger charge is 2.22. The normalized spacial score (nSPS) is 31.8. The van der Waals surface area contributed by atoms with Gasteiger partial charge in [0.25, 0.3) is 0 Å². The molecule has 2 saturated heterocycles. The van der Waals surface area contributed by atoms with Crippen molar-refractivity contribution in [2.45, 2.75) is 24.9 Å². The Balaban J connectivity index is 1.67. The average molecular weight is 212 g/mol. The van der Waals surface area contributed by atoms with Crippen molar-refractivity contribution in [1.82, 2.24) is 20.9 Å². The molecule has 2 atom stereocenters. The molecule has 0 aromatic rings. The second-order valence-corrected chi connectivity index (χ2v) is 4.56. The Morgan fingerprint density at radius 2 is 2.13 bits per heavy atom. The molecule has 0 spiro atoms. The lowest BCUT2D eigenvalue weighted by molar-refractivity contribution is 0.233. The standard InChI is InChI=1S/C10H20N4O/c1-14-5-3-9(7-14)13-10(15)12-8-2-4-11-6-8/h8-9,11H,2-7H2,1H3,(H2,12,13,15)/t8-,9-/m1/s1. The first-order valence-electron chi connectivity index (χ1n) is 5.70. The Hall–Kier alpha value is -0.810. The molecule has 2 amide bonds. The molecule has 3 N–H and O–H groups in total. The number of carbonyl (C=O) groups is 1. The zero-order valence-corrected chi connectivity index (χ0v) is 9.25. The highest BCUT2D eigenvalue weighted by Crippen LogP contribution is 2.05. The van der Waals surface area contributed by atoms with Gasteiger partial charge in [-0.15, -0.1) is 0 Å². The van der Waals surface area contributed by atoms with E-state index in [1.807, 2.05) is 0 Å². The Bertz CT molecular complexity index is 227. The summed E-state index contributed by atoms with van der Waals surface area (Å²) >= 11 is 0. The van der Waals surface area contributed by atoms with Crippen LogP contribution in [0.5, 0.6) is 0 Å². The van der Waals surface area contributed by atoms with Crippen LogP contribution in [0.15, 0.2) is 0 Å². The van der Waals surface area contributed by atoms with Crippen molar-refractivity contribution in [3.63, 3.8) is 0 Å². The summed E-state index contributed by atoms with van der Waals surface area (Å²) in [6.07, 6.45) is 2.10. The molecule has 0 radical (unpaired) electrons. The maximum absolute atomic E-state index is 11.6. The largest absolute Gasteiger partial charge is 0.334 e. The molecule has 2 rings (SSSR count). The molecule has 0 aliphatic carbocycles. The van der Waals surface area contributed by atoms with Crippen LogP contribution in [0.3, 0.4) is 0 Å². The van der Waals surface area contributed by atoms with Gasteiger partial charge in [0.2, 0.25) is 0 Å². The predicted octanol–water partition coefficient (Wildman–Crippen LogP) is -0.648. The summed E-state index contributed by atoms with van der Waals surface area (Å²) < 4.78 is 0. The number of carbonyl (C=O) groups excluding carboxylic acids is 1. The summed E-state index contributed by atoms with van der Waals surface area (Å²) in [6.45, 7) is 3.96. The first-order chi connectivity index (χ1) is 7.24. The van der Waals surface area contributed by atoms with E-state index in [1.54, 1.807) is 0 Å². The number of likely N-dealkylation sites (tertiary alicyclic amines) is 1. The molecule has 2 heterocycles. The third kappa shape index (κ3) is 3.07. The lowest BCUT2D eigenvalue weighted by Gasteiger charge is -2.16. The maximum atomic E-state index is 11.6. The summed E-state index contributed by atoms with van der Waals surface area (Å²) in [6, 6.07) is 0.623. The van der Waals surface area contributed by atoms with Crippen molar-refractivity contribution in [3.8, 4) is 0 Å². The van der Waals surface area contributed by atoms with Crippen LogP contribution < -0.4 is 16.0 Å². The van der Waals surface area contributed by atoms with Gasteiger partial charge in [-0.2, -0.15) is 0 Å². The fraction of sp³-hybridized carbons (Fsp3) is 0.900. The number of urea groups is 1. The van der Waals surface area contributed by atoms with E-state index >= 15 is 0 Å². The van der Waals surface area contributed by atoms with Crippen molar-refractivity contribution in [3.05, 3.63) is 0 Å². The Labute approximate surface area is 90.6 Å². The van der Waals surface area contributed by atoms with Crippen LogP contribution in [0.4, 0.5) is 4.79 Å². The van der Waals surface area contributed by atoms with Gasteiger partial charge in [-0.25, -0.2) is 4.79 Å². The summed E-state index contributed by atoms with van der Waals surface area (Å²) in [7, 11) is 2.08. The van der Waals surface area contributed by atoms with Gasteiger partial charge >= 0.3 is 6.03 Å². The minimum Gasteiger partial charge on any atom is -0.334 e. The summed E-state index contributed by atoms with van der Waals surface area (Å²) in [5, 5.41) is 9.23. The molecule has 0 aromatic heterocycles. The molecule has 0 saturated carbocycles. The van der Waals surface area contributed by atoms with Gasteiger partial charge in [0, 0.05) is 25.2 Å². The van der Waals surface area contributed by atoms with Crippen molar-refractivity contribution < 1.29 is 4.79 Å². The van der Waals surface area contributed by atoms with E-state index in [0.29, 0.717) is 12.1 Å². The molecular formula is C10H20N4O. The predicted molar refractivity (Wildman–Crippen MR) is 58.8 cm³/mol. The van der Waals surface area contributed by atoms with Gasteiger partial charge in [-0.3, -0.25) is 0 Å². The molecular weight excluding hydrogens is 192 g/mol. The number of amides is 2. The molecule has 5 heteroatoms. The van der Waals surface area contributed by atoms with Crippen LogP contribution in [0.2, 0.25) is 0 Å². The molecule has 15 heavy (non-hydrogen) atoms. The Morgan fingerprint density at radius 1 is 1.33 bits per heavy atom. The van der Waals surface area contributed by atoms with Gasteiger partial charge in [0.05, 0.1) is 0 Å². The number of likely N-dealkylation sites (N-methyl/N-ethyl adjacent to an activating group) is 1. The van der Waals surface area contributed by atoms with Gasteiger partial charge in [-0.1, -0.05) is 0 Å². The molecule has 5 nitrogen and oxygen atoms in total. The maximum Gasteiger partial charge on any atom is 0.315 e. The molecule has 0 unspecified atom stereocenters. The molecule has 2 fully saturated rings. The summed E-state index contributed by atoms with van der Waals surface area (Å²) in [4.78, 5) is 13.8.